The van der Waals surface area contributed by atoms with Gasteiger partial charge in [-0.3, -0.25) is 0 Å². The molecule has 0 radical (unpaired) electrons. The third-order valence-corrected chi connectivity index (χ3v) is 15.0. The second-order valence-corrected chi connectivity index (χ2v) is 16.5. The maximum absolute atomic E-state index is 2.43. The average molecular weight is 595 g/mol. The number of allylic oxidation sites excluding steroid dienone is 2. The molecule has 6 aromatic carbocycles. The van der Waals surface area contributed by atoms with Crippen LogP contribution < -0.4 is 0 Å². The van der Waals surface area contributed by atoms with Gasteiger partial charge in [0.25, 0.3) is 0 Å². The molecule has 218 valence electrons. The van der Waals surface area contributed by atoms with Crippen LogP contribution in [0, 0.1) is 0 Å². The lowest BCUT2D eigenvalue weighted by Gasteiger charge is -2.33. The molecule has 1 aliphatic rings. The summed E-state index contributed by atoms with van der Waals surface area (Å²) in [6.07, 6.45) is 0. The van der Waals surface area contributed by atoms with Crippen molar-refractivity contribution in [3.05, 3.63) is 192 Å². The first kappa shape index (κ1) is 28.8. The molecule has 0 aliphatic carbocycles. The van der Waals surface area contributed by atoms with Crippen LogP contribution in [-0.4, -0.2) is 8.07 Å². The second kappa shape index (κ2) is 12.6. The summed E-state index contributed by atoms with van der Waals surface area (Å²) in [6.45, 7) is 4.87. The summed E-state index contributed by atoms with van der Waals surface area (Å²) in [7, 11) is -2.25. The Labute approximate surface area is 269 Å². The molecule has 0 atom stereocenters. The summed E-state index contributed by atoms with van der Waals surface area (Å²) in [5.41, 5.74) is 13.1. The molecule has 0 saturated carbocycles. The molecule has 1 heterocycles. The van der Waals surface area contributed by atoms with Gasteiger partial charge < -0.3 is 0 Å². The Balaban J connectivity index is 1.50. The lowest BCUT2D eigenvalue weighted by atomic mass is 9.89. The fourth-order valence-corrected chi connectivity index (χ4v) is 12.5. The molecule has 45 heavy (non-hydrogen) atoms. The summed E-state index contributed by atoms with van der Waals surface area (Å²) in [6, 6.07) is 64.8. The van der Waals surface area contributed by atoms with E-state index in [1.165, 1.54) is 55.7 Å². The van der Waals surface area contributed by atoms with Crippen LogP contribution in [0.15, 0.2) is 170 Å². The van der Waals surface area contributed by atoms with Crippen LogP contribution >= 0.6 is 0 Å². The van der Waals surface area contributed by atoms with Crippen molar-refractivity contribution in [3.63, 3.8) is 0 Å². The third kappa shape index (κ3) is 5.24. The smallest absolute Gasteiger partial charge is 0.0672 e. The highest BCUT2D eigenvalue weighted by molar-refractivity contribution is 7.14. The van der Waals surface area contributed by atoms with Gasteiger partial charge in [-0.05, 0) is 66.0 Å². The molecule has 0 bridgehead atoms. The van der Waals surface area contributed by atoms with Gasteiger partial charge in [-0.25, -0.2) is 0 Å². The molecule has 0 saturated heterocycles. The van der Waals surface area contributed by atoms with Crippen LogP contribution in [-0.2, 0) is 0 Å². The molecular weight excluding hydrogens is 557 g/mol. The van der Waals surface area contributed by atoms with Gasteiger partial charge in [0.1, 0.15) is 8.07 Å². The van der Waals surface area contributed by atoms with Gasteiger partial charge in [0.2, 0.25) is 0 Å². The molecule has 1 heteroatoms. The van der Waals surface area contributed by atoms with E-state index in [-0.39, 0.29) is 0 Å². The molecule has 0 spiro atoms. The minimum Gasteiger partial charge on any atom is -0.0672 e. The zero-order valence-electron chi connectivity index (χ0n) is 26.1. The minimum atomic E-state index is -2.25. The van der Waals surface area contributed by atoms with Gasteiger partial charge >= 0.3 is 0 Å². The van der Waals surface area contributed by atoms with Gasteiger partial charge in [0.15, 0.2) is 0 Å². The fourth-order valence-electron chi connectivity index (χ4n) is 7.36. The van der Waals surface area contributed by atoms with E-state index in [9.17, 15) is 0 Å². The molecule has 0 nitrogen and oxygen atoms in total. The van der Waals surface area contributed by atoms with E-state index in [0.29, 0.717) is 0 Å². The van der Waals surface area contributed by atoms with Crippen molar-refractivity contribution in [2.45, 2.75) is 25.9 Å². The lowest BCUT2D eigenvalue weighted by molar-refractivity contribution is 1.30. The standard InChI is InChI=1S/C44H38Si/c1-3-45(4-2)43(39-29-25-35(26-30-39)33-17-9-5-10-18-33)41(37-21-13-7-14-22-37)42(38-23-15-8-16-24-38)44(45)40-31-27-36(28-32-40)34-19-11-6-12-20-34/h5-32H,3-4H2,1-2H3. The number of hydrogen-bond acceptors (Lipinski definition) is 0. The maximum Gasteiger partial charge on any atom is 0.120 e. The SMILES string of the molecule is CC[Si]1(CC)C(c2ccc(-c3ccccc3)cc2)=C(c2ccccc2)C(c2ccccc2)=C1c1ccc(-c2ccccc2)cc1. The molecule has 6 aromatic rings. The first-order valence-corrected chi connectivity index (χ1v) is 18.6. The first-order valence-electron chi connectivity index (χ1n) is 16.2. The zero-order chi connectivity index (χ0) is 30.6. The predicted octanol–water partition coefficient (Wildman–Crippen LogP) is 12.1. The minimum absolute atomic E-state index is 1.14. The first-order chi connectivity index (χ1) is 22.2. The molecule has 0 fully saturated rings. The van der Waals surface area contributed by atoms with Crippen LogP contribution in [0.4, 0.5) is 0 Å². The van der Waals surface area contributed by atoms with Gasteiger partial charge in [-0.1, -0.05) is 196 Å². The maximum atomic E-state index is 2.43. The van der Waals surface area contributed by atoms with Crippen molar-refractivity contribution < 1.29 is 0 Å². The van der Waals surface area contributed by atoms with Crippen molar-refractivity contribution in [2.75, 3.05) is 0 Å². The van der Waals surface area contributed by atoms with Gasteiger partial charge in [-0.15, -0.1) is 0 Å². The number of hydrogen-bond donors (Lipinski definition) is 0. The summed E-state index contributed by atoms with van der Waals surface area (Å²) in [4.78, 5) is 0. The Hall–Kier alpha value is -4.98. The molecule has 0 unspecified atom stereocenters. The van der Waals surface area contributed by atoms with Crippen molar-refractivity contribution >= 4 is 29.6 Å². The lowest BCUT2D eigenvalue weighted by Crippen LogP contribution is -2.35. The molecule has 7 rings (SSSR count). The van der Waals surface area contributed by atoms with Gasteiger partial charge in [-0.2, -0.15) is 0 Å². The van der Waals surface area contributed by atoms with E-state index >= 15 is 0 Å². The molecule has 0 N–H and O–H groups in total. The summed E-state index contributed by atoms with van der Waals surface area (Å²) in [5, 5.41) is 3.14. The van der Waals surface area contributed by atoms with E-state index in [1.54, 1.807) is 10.4 Å². The Bertz CT molecular complexity index is 1800. The Morgan fingerprint density at radius 2 is 0.533 bits per heavy atom. The Morgan fingerprint density at radius 1 is 0.289 bits per heavy atom. The average Bonchev–Trinajstić information content (AvgIpc) is 3.45. The topological polar surface area (TPSA) is 0 Å². The summed E-state index contributed by atoms with van der Waals surface area (Å²) in [5.74, 6) is 0. The van der Waals surface area contributed by atoms with Crippen LogP contribution in [0.5, 0.6) is 0 Å². The highest BCUT2D eigenvalue weighted by Crippen LogP contribution is 2.58. The van der Waals surface area contributed by atoms with Gasteiger partial charge in [0.05, 0.1) is 0 Å². The van der Waals surface area contributed by atoms with Crippen LogP contribution in [0.3, 0.4) is 0 Å². The zero-order valence-corrected chi connectivity index (χ0v) is 27.1. The molecule has 0 amide bonds. The summed E-state index contributed by atoms with van der Waals surface area (Å²) >= 11 is 0. The Morgan fingerprint density at radius 3 is 0.822 bits per heavy atom. The second-order valence-electron chi connectivity index (χ2n) is 11.9. The Kier molecular flexibility index (Phi) is 8.03. The van der Waals surface area contributed by atoms with Crippen LogP contribution in [0.25, 0.3) is 43.8 Å². The number of benzene rings is 6. The summed E-state index contributed by atoms with van der Waals surface area (Å²) < 4.78 is 0. The van der Waals surface area contributed by atoms with E-state index in [1.807, 2.05) is 0 Å². The van der Waals surface area contributed by atoms with Crippen LogP contribution in [0.2, 0.25) is 12.1 Å². The van der Waals surface area contributed by atoms with E-state index < -0.39 is 8.07 Å². The molecular formula is C44H38Si. The monoisotopic (exact) mass is 594 g/mol. The largest absolute Gasteiger partial charge is 0.120 e. The third-order valence-electron chi connectivity index (χ3n) is 9.60. The van der Waals surface area contributed by atoms with Crippen molar-refractivity contribution in [3.8, 4) is 22.3 Å². The quantitative estimate of drug-likeness (QED) is 0.154. The highest BCUT2D eigenvalue weighted by atomic mass is 28.3. The highest BCUT2D eigenvalue weighted by Gasteiger charge is 2.48. The fraction of sp³-hybridized carbons (Fsp3) is 0.0909. The van der Waals surface area contributed by atoms with Crippen LogP contribution in [0.1, 0.15) is 36.1 Å². The van der Waals surface area contributed by atoms with E-state index in [4.69, 9.17) is 0 Å². The number of rotatable bonds is 8. The van der Waals surface area contributed by atoms with Gasteiger partial charge in [0, 0.05) is 0 Å². The molecule has 1 aliphatic heterocycles. The van der Waals surface area contributed by atoms with E-state index in [0.717, 1.165) is 12.1 Å². The van der Waals surface area contributed by atoms with Crippen molar-refractivity contribution in [1.82, 2.24) is 0 Å². The predicted molar refractivity (Wildman–Crippen MR) is 197 cm³/mol. The van der Waals surface area contributed by atoms with E-state index in [2.05, 4.69) is 184 Å². The van der Waals surface area contributed by atoms with Crippen molar-refractivity contribution in [1.29, 1.82) is 0 Å². The molecule has 0 aromatic heterocycles. The van der Waals surface area contributed by atoms with Crippen molar-refractivity contribution in [2.24, 2.45) is 0 Å². The normalized spacial score (nSPS) is 14.2.